The molecule has 0 aliphatic carbocycles. The van der Waals surface area contributed by atoms with E-state index in [9.17, 15) is 13.8 Å². The van der Waals surface area contributed by atoms with Gasteiger partial charge in [-0.05, 0) is 11.5 Å². The fourth-order valence-electron chi connectivity index (χ4n) is 4.18. The van der Waals surface area contributed by atoms with Crippen molar-refractivity contribution in [2.24, 2.45) is 0 Å². The molecule has 0 saturated carbocycles. The van der Waals surface area contributed by atoms with Gasteiger partial charge in [0.05, 0.1) is 17.4 Å². The molecule has 2 aliphatic rings. The third kappa shape index (κ3) is 3.10. The molecule has 2 fully saturated rings. The molecule has 1 atom stereocenters. The number of likely N-dealkylation sites (tertiary alicyclic amines) is 1. The Morgan fingerprint density at radius 3 is 2.75 bits per heavy atom. The lowest BCUT2D eigenvalue weighted by atomic mass is 10.0. The maximum atomic E-state index is 13.1. The summed E-state index contributed by atoms with van der Waals surface area (Å²) < 4.78 is 17.9. The van der Waals surface area contributed by atoms with Crippen molar-refractivity contribution in [2.45, 2.75) is 17.7 Å². The maximum Gasteiger partial charge on any atom is 0.273 e. The molecule has 8 heteroatoms. The largest absolute Gasteiger partial charge is 0.383 e. The molecule has 1 aromatic carbocycles. The lowest BCUT2D eigenvalue weighted by Crippen LogP contribution is -2.56. The zero-order valence-corrected chi connectivity index (χ0v) is 16.6. The molecule has 1 unspecified atom stereocenters. The van der Waals surface area contributed by atoms with Crippen LogP contribution in [-0.2, 0) is 20.3 Å². The van der Waals surface area contributed by atoms with Crippen molar-refractivity contribution in [1.29, 1.82) is 0 Å². The molecule has 2 saturated heterocycles. The lowest BCUT2D eigenvalue weighted by molar-refractivity contribution is -0.131. The van der Waals surface area contributed by atoms with Crippen LogP contribution in [0.15, 0.2) is 36.5 Å². The molecule has 4 rings (SSSR count). The van der Waals surface area contributed by atoms with E-state index in [0.717, 1.165) is 10.8 Å². The molecule has 2 aromatic rings. The van der Waals surface area contributed by atoms with E-state index in [1.54, 1.807) is 23.1 Å². The molecular weight excluding hydrogens is 378 g/mol. The zero-order chi connectivity index (χ0) is 19.7. The molecule has 28 heavy (non-hydrogen) atoms. The van der Waals surface area contributed by atoms with Gasteiger partial charge in [0.15, 0.2) is 0 Å². The van der Waals surface area contributed by atoms with Crippen molar-refractivity contribution >= 4 is 33.4 Å². The number of amides is 2. The molecule has 2 aliphatic heterocycles. The van der Waals surface area contributed by atoms with Gasteiger partial charge in [0.1, 0.15) is 16.3 Å². The van der Waals surface area contributed by atoms with Crippen LogP contribution in [0.4, 0.5) is 0 Å². The van der Waals surface area contributed by atoms with Crippen LogP contribution in [0.1, 0.15) is 23.3 Å². The van der Waals surface area contributed by atoms with Gasteiger partial charge in [0.2, 0.25) is 5.91 Å². The minimum absolute atomic E-state index is 0.0581. The molecule has 0 bridgehead atoms. The van der Waals surface area contributed by atoms with E-state index in [-0.39, 0.29) is 17.6 Å². The van der Waals surface area contributed by atoms with Gasteiger partial charge in [-0.25, -0.2) is 0 Å². The minimum atomic E-state index is -1.26. The number of carbonyl (C=O) groups is 2. The van der Waals surface area contributed by atoms with Crippen LogP contribution in [0.5, 0.6) is 0 Å². The van der Waals surface area contributed by atoms with Gasteiger partial charge in [-0.1, -0.05) is 24.3 Å². The Labute approximate surface area is 166 Å². The molecule has 0 N–H and O–H groups in total. The van der Waals surface area contributed by atoms with Crippen molar-refractivity contribution in [3.63, 3.8) is 0 Å². The first kappa shape index (κ1) is 19.0. The second kappa shape index (κ2) is 7.60. The summed E-state index contributed by atoms with van der Waals surface area (Å²) >= 11 is 0. The summed E-state index contributed by atoms with van der Waals surface area (Å²) in [4.78, 5) is 32.5. The first-order valence-electron chi connectivity index (χ1n) is 9.38. The number of piperidine rings is 1. The van der Waals surface area contributed by atoms with Crippen molar-refractivity contribution in [3.05, 3.63) is 42.2 Å². The highest BCUT2D eigenvalue weighted by Gasteiger charge is 2.53. The number of fused-ring (bicyclic) bond motifs is 1. The Hall–Kier alpha value is -2.32. The fraction of sp³-hybridized carbons (Fsp3) is 0.450. The number of nitrogens with zero attached hydrogens (tertiary/aromatic N) is 3. The molecule has 2 amide bonds. The van der Waals surface area contributed by atoms with Crippen LogP contribution in [0.2, 0.25) is 0 Å². The number of ether oxygens (including phenoxy) is 1. The Balaban J connectivity index is 1.54. The number of rotatable bonds is 4. The molecule has 1 spiro atoms. The van der Waals surface area contributed by atoms with E-state index in [4.69, 9.17) is 4.74 Å². The molecular formula is C20H23N3O4S. The lowest BCUT2D eigenvalue weighted by Gasteiger charge is -2.43. The van der Waals surface area contributed by atoms with Crippen LogP contribution in [0.3, 0.4) is 0 Å². The second-order valence-electron chi connectivity index (χ2n) is 7.15. The normalized spacial score (nSPS) is 21.6. The standard InChI is InChI=1S/C20H23N3O4S/c1-27-13-12-23-17(24)14-28(26)20(23)7-10-22(11-8-20)19(25)18-16-5-3-2-4-15(16)6-9-21-18/h2-6,9H,7-8,10-14H2,1H3. The number of methoxy groups -OCH3 is 1. The van der Waals surface area contributed by atoms with Gasteiger partial charge in [0, 0.05) is 51.2 Å². The van der Waals surface area contributed by atoms with E-state index < -0.39 is 15.7 Å². The molecule has 1 aromatic heterocycles. The van der Waals surface area contributed by atoms with Crippen LogP contribution < -0.4 is 0 Å². The fourth-order valence-corrected chi connectivity index (χ4v) is 5.91. The molecule has 3 heterocycles. The van der Waals surface area contributed by atoms with Gasteiger partial charge in [-0.3, -0.25) is 18.8 Å². The summed E-state index contributed by atoms with van der Waals surface area (Å²) in [5.74, 6) is -0.154. The second-order valence-corrected chi connectivity index (χ2v) is 8.89. The summed E-state index contributed by atoms with van der Waals surface area (Å²) in [5, 5.41) is 1.80. The van der Waals surface area contributed by atoms with Crippen molar-refractivity contribution < 1.29 is 18.5 Å². The average Bonchev–Trinajstić information content (AvgIpc) is 2.95. The molecule has 7 nitrogen and oxygen atoms in total. The van der Waals surface area contributed by atoms with E-state index in [2.05, 4.69) is 4.98 Å². The number of hydrogen-bond donors (Lipinski definition) is 0. The zero-order valence-electron chi connectivity index (χ0n) is 15.8. The summed E-state index contributed by atoms with van der Waals surface area (Å²) in [7, 11) is 0.327. The number of hydrogen-bond acceptors (Lipinski definition) is 5. The van der Waals surface area contributed by atoms with Gasteiger partial charge >= 0.3 is 0 Å². The summed E-state index contributed by atoms with van der Waals surface area (Å²) in [6, 6.07) is 9.58. The summed E-state index contributed by atoms with van der Waals surface area (Å²) in [6.45, 7) is 1.74. The maximum absolute atomic E-state index is 13.1. The van der Waals surface area contributed by atoms with E-state index in [1.165, 1.54) is 0 Å². The predicted molar refractivity (Wildman–Crippen MR) is 106 cm³/mol. The molecule has 0 radical (unpaired) electrons. The Morgan fingerprint density at radius 2 is 2.00 bits per heavy atom. The monoisotopic (exact) mass is 401 g/mol. The SMILES string of the molecule is COCCN1C(=O)CS(=O)C12CCN(C(=O)c1nccc3ccccc13)CC2. The van der Waals surface area contributed by atoms with E-state index >= 15 is 0 Å². The van der Waals surface area contributed by atoms with Gasteiger partial charge in [0.25, 0.3) is 5.91 Å². The first-order valence-corrected chi connectivity index (χ1v) is 10.7. The van der Waals surface area contributed by atoms with E-state index in [0.29, 0.717) is 44.8 Å². The quantitative estimate of drug-likeness (QED) is 0.774. The first-order chi connectivity index (χ1) is 13.6. The third-order valence-electron chi connectivity index (χ3n) is 5.70. The summed E-state index contributed by atoms with van der Waals surface area (Å²) in [5.41, 5.74) is 0.439. The highest BCUT2D eigenvalue weighted by Crippen LogP contribution is 2.37. The number of benzene rings is 1. The van der Waals surface area contributed by atoms with E-state index in [1.807, 2.05) is 30.3 Å². The Kier molecular flexibility index (Phi) is 5.16. The van der Waals surface area contributed by atoms with Crippen LogP contribution in [-0.4, -0.2) is 74.8 Å². The average molecular weight is 401 g/mol. The van der Waals surface area contributed by atoms with Crippen molar-refractivity contribution in [2.75, 3.05) is 39.1 Å². The number of aromatic nitrogens is 1. The predicted octanol–water partition coefficient (Wildman–Crippen LogP) is 1.40. The Bertz CT molecular complexity index is 935. The number of carbonyl (C=O) groups excluding carboxylic acids is 2. The Morgan fingerprint density at radius 1 is 1.25 bits per heavy atom. The minimum Gasteiger partial charge on any atom is -0.383 e. The van der Waals surface area contributed by atoms with Gasteiger partial charge in [-0.15, -0.1) is 0 Å². The van der Waals surface area contributed by atoms with Gasteiger partial charge < -0.3 is 14.5 Å². The van der Waals surface area contributed by atoms with Crippen molar-refractivity contribution in [1.82, 2.24) is 14.8 Å². The highest BCUT2D eigenvalue weighted by molar-refractivity contribution is 7.87. The van der Waals surface area contributed by atoms with Crippen LogP contribution in [0.25, 0.3) is 10.8 Å². The van der Waals surface area contributed by atoms with Crippen LogP contribution >= 0.6 is 0 Å². The third-order valence-corrected chi connectivity index (χ3v) is 7.68. The molecule has 148 valence electrons. The highest BCUT2D eigenvalue weighted by atomic mass is 32.2. The number of pyridine rings is 1. The summed E-state index contributed by atoms with van der Waals surface area (Å²) in [6.07, 6.45) is 2.66. The van der Waals surface area contributed by atoms with Crippen LogP contribution in [0, 0.1) is 0 Å². The topological polar surface area (TPSA) is 79.8 Å². The van der Waals surface area contributed by atoms with Crippen molar-refractivity contribution in [3.8, 4) is 0 Å². The van der Waals surface area contributed by atoms with Gasteiger partial charge in [-0.2, -0.15) is 0 Å². The smallest absolute Gasteiger partial charge is 0.273 e.